The Hall–Kier alpha value is -4.87. The highest BCUT2D eigenvalue weighted by Gasteiger charge is 2.48. The van der Waals surface area contributed by atoms with Gasteiger partial charge in [-0.3, -0.25) is 19.2 Å². The zero-order valence-electron chi connectivity index (χ0n) is 23.8. The fourth-order valence-corrected chi connectivity index (χ4v) is 6.66. The topological polar surface area (TPSA) is 180 Å². The lowest BCUT2D eigenvalue weighted by Crippen LogP contribution is -2.48. The molecule has 16 heteroatoms. The van der Waals surface area contributed by atoms with E-state index in [2.05, 4.69) is 4.84 Å². The van der Waals surface area contributed by atoms with E-state index >= 15 is 0 Å². The molecule has 4 amide bonds. The summed E-state index contributed by atoms with van der Waals surface area (Å²) in [5.41, 5.74) is 0.202. The predicted molar refractivity (Wildman–Crippen MR) is 157 cm³/mol. The molecule has 0 atom stereocenters. The number of imide groups is 2. The number of hydroxylamine groups is 4. The molecule has 2 aromatic rings. The van der Waals surface area contributed by atoms with Gasteiger partial charge in [-0.1, -0.05) is 20.7 Å². The summed E-state index contributed by atoms with van der Waals surface area (Å²) in [5.74, 6) is -6.78. The molecule has 3 saturated heterocycles. The third-order valence-electron chi connectivity index (χ3n) is 7.00. The zero-order chi connectivity index (χ0) is 33.0. The maximum absolute atomic E-state index is 12.6. The van der Waals surface area contributed by atoms with Crippen LogP contribution in [0.25, 0.3) is 0 Å². The van der Waals surface area contributed by atoms with Crippen molar-refractivity contribution in [1.29, 1.82) is 0 Å². The van der Waals surface area contributed by atoms with Crippen LogP contribution in [0.5, 0.6) is 0 Å². The summed E-state index contributed by atoms with van der Waals surface area (Å²) in [5, 5.41) is 0.928. The Bertz CT molecular complexity index is 1610. The second kappa shape index (κ2) is 13.6. The highest BCUT2D eigenvalue weighted by molar-refractivity contribution is 14.2. The molecule has 1 spiro atoms. The minimum absolute atomic E-state index is 0.00455. The number of benzene rings is 2. The van der Waals surface area contributed by atoms with Crippen molar-refractivity contribution in [3.63, 3.8) is 0 Å². The summed E-state index contributed by atoms with van der Waals surface area (Å²) < 4.78 is 24.1. The molecule has 4 fully saturated rings. The molecule has 46 heavy (non-hydrogen) atoms. The van der Waals surface area contributed by atoms with E-state index in [1.165, 1.54) is 24.3 Å². The minimum Gasteiger partial charge on any atom is -0.418 e. The van der Waals surface area contributed by atoms with Gasteiger partial charge in [-0.25, -0.2) is 23.6 Å². The van der Waals surface area contributed by atoms with Crippen molar-refractivity contribution in [1.82, 2.24) is 10.1 Å². The van der Waals surface area contributed by atoms with E-state index in [1.54, 1.807) is 12.1 Å². The number of carbonyl (C=O) groups is 8. The third kappa shape index (κ3) is 7.32. The number of nitrogens with zero attached hydrogens (tertiary/aromatic N) is 2. The van der Waals surface area contributed by atoms with Crippen LogP contribution in [-0.2, 0) is 47.9 Å². The first-order chi connectivity index (χ1) is 21.9. The first-order valence-electron chi connectivity index (χ1n) is 13.9. The lowest BCUT2D eigenvalue weighted by molar-refractivity contribution is -0.224. The van der Waals surface area contributed by atoms with E-state index in [4.69, 9.17) is 14.3 Å². The van der Waals surface area contributed by atoms with Crippen LogP contribution in [0.1, 0.15) is 72.1 Å². The number of amides is 4. The summed E-state index contributed by atoms with van der Waals surface area (Å²) in [6, 6.07) is 10.7. The number of carbonyl (C=O) groups excluding carboxylic acids is 8. The average Bonchev–Trinajstić information content (AvgIpc) is 3.71. The van der Waals surface area contributed by atoms with Gasteiger partial charge in [0.1, 0.15) is 5.82 Å². The molecule has 0 aromatic heterocycles. The Morgan fingerprint density at radius 3 is 1.46 bits per heavy atom. The van der Waals surface area contributed by atoms with Gasteiger partial charge in [0.25, 0.3) is 29.4 Å². The Labute approximate surface area is 269 Å². The van der Waals surface area contributed by atoms with E-state index < -0.39 is 79.8 Å². The van der Waals surface area contributed by atoms with Crippen LogP contribution in [0.3, 0.4) is 0 Å². The molecule has 3 heterocycles. The van der Waals surface area contributed by atoms with Crippen molar-refractivity contribution >= 4 is 71.7 Å². The average molecular weight is 749 g/mol. The highest BCUT2D eigenvalue weighted by Crippen LogP contribution is 2.37. The van der Waals surface area contributed by atoms with Gasteiger partial charge in [0.2, 0.25) is 0 Å². The Balaban J connectivity index is 0.000000209. The predicted octanol–water partition coefficient (Wildman–Crippen LogP) is 2.64. The Morgan fingerprint density at radius 1 is 0.652 bits per heavy atom. The molecule has 14 nitrogen and oxygen atoms in total. The molecule has 2 aromatic carbocycles. The SMILES string of the molecule is O=C(ON1C(=O)CCC1=O)c1ccc([18F])cc1.O=C1OC2(CCCC2)OC(=O)C1=Ic1ccc(C(=O)ON2C(=O)CCC2=O)cc1. The molecule has 6 rings (SSSR count). The largest absolute Gasteiger partial charge is 0.418 e. The highest BCUT2D eigenvalue weighted by atomic mass is 127. The number of halogens is 2. The summed E-state index contributed by atoms with van der Waals surface area (Å²) in [6.07, 6.45) is 2.84. The van der Waals surface area contributed by atoms with Crippen LogP contribution in [-0.4, -0.2) is 66.9 Å². The second-order valence-electron chi connectivity index (χ2n) is 10.2. The second-order valence-corrected chi connectivity index (χ2v) is 13.1. The van der Waals surface area contributed by atoms with E-state index in [0.29, 0.717) is 26.5 Å². The minimum atomic E-state index is -1.17. The monoisotopic (exact) mass is 749 g/mol. The van der Waals surface area contributed by atoms with Crippen molar-refractivity contribution in [2.75, 3.05) is 0 Å². The van der Waals surface area contributed by atoms with Gasteiger partial charge >= 0.3 is 23.9 Å². The fourth-order valence-electron chi connectivity index (χ4n) is 4.66. The molecule has 1 aliphatic carbocycles. The number of esters is 2. The first kappa shape index (κ1) is 32.5. The summed E-state index contributed by atoms with van der Waals surface area (Å²) in [7, 11) is 0. The summed E-state index contributed by atoms with van der Waals surface area (Å²) in [4.78, 5) is 103. The fraction of sp³-hybridized carbons (Fsp3) is 0.300. The molecule has 0 N–H and O–H groups in total. The molecular weight excluding hydrogens is 725 g/mol. The molecule has 3 aliphatic heterocycles. The van der Waals surface area contributed by atoms with Crippen molar-refractivity contribution in [2.45, 2.75) is 57.2 Å². The van der Waals surface area contributed by atoms with Crippen LogP contribution in [0, 0.1) is 9.39 Å². The lowest BCUT2D eigenvalue weighted by atomic mass is 10.2. The van der Waals surface area contributed by atoms with Gasteiger partial charge in [-0.05, 0) is 61.4 Å². The number of hydrogen-bond acceptors (Lipinski definition) is 12. The Kier molecular flexibility index (Phi) is 9.64. The van der Waals surface area contributed by atoms with Crippen LogP contribution < -0.4 is 0 Å². The summed E-state index contributed by atoms with van der Waals surface area (Å²) >= 11 is -1.17. The molecule has 0 bridgehead atoms. The van der Waals surface area contributed by atoms with Gasteiger partial charge in [0.15, 0.2) is 3.51 Å². The van der Waals surface area contributed by atoms with Crippen LogP contribution in [0.2, 0.25) is 0 Å². The van der Waals surface area contributed by atoms with Gasteiger partial charge < -0.3 is 19.1 Å². The maximum Gasteiger partial charge on any atom is 0.363 e. The summed E-state index contributed by atoms with van der Waals surface area (Å²) in [6.45, 7) is 0. The molecule has 0 unspecified atom stereocenters. The first-order valence-corrected chi connectivity index (χ1v) is 16.1. The van der Waals surface area contributed by atoms with Crippen LogP contribution >= 0.6 is 20.7 Å². The molecule has 240 valence electrons. The van der Waals surface area contributed by atoms with Crippen molar-refractivity contribution < 1.29 is 61.9 Å². The third-order valence-corrected chi connectivity index (χ3v) is 9.77. The van der Waals surface area contributed by atoms with Gasteiger partial charge in [0.05, 0.1) is 11.1 Å². The van der Waals surface area contributed by atoms with Gasteiger partial charge in [0, 0.05) is 42.1 Å². The van der Waals surface area contributed by atoms with E-state index in [-0.39, 0.29) is 40.3 Å². The van der Waals surface area contributed by atoms with Crippen molar-refractivity contribution in [2.24, 2.45) is 0 Å². The zero-order valence-corrected chi connectivity index (χ0v) is 26.0. The quantitative estimate of drug-likeness (QED) is 0.248. The van der Waals surface area contributed by atoms with Crippen molar-refractivity contribution in [3.05, 3.63) is 69.0 Å². The molecular formula is C30H24FIN2O12. The maximum atomic E-state index is 12.6. The molecule has 0 radical (unpaired) electrons. The standard InChI is InChI=1S/C19H16INO8.C11H8FNO4/c22-13-7-8-14(23)21(13)29-16(24)11-3-5-12(6-4-11)20-15-17(25)27-19(28-18(15)26)9-1-2-10-19;12-8-3-1-7(2-4-8)11(16)17-13-9(14)5-6-10(13)15/h3-6H,1-2,7-10H2;1-4H,5-6H2/i;12-1. The van der Waals surface area contributed by atoms with Crippen LogP contribution in [0.15, 0.2) is 48.5 Å². The van der Waals surface area contributed by atoms with E-state index in [0.717, 1.165) is 25.0 Å². The Morgan fingerprint density at radius 2 is 1.04 bits per heavy atom. The van der Waals surface area contributed by atoms with Gasteiger partial charge in [-0.2, -0.15) is 0 Å². The smallest absolute Gasteiger partial charge is 0.363 e. The van der Waals surface area contributed by atoms with Crippen LogP contribution in [0.4, 0.5) is 4.39 Å². The lowest BCUT2D eigenvalue weighted by Gasteiger charge is -2.32. The number of ether oxygens (including phenoxy) is 2. The van der Waals surface area contributed by atoms with E-state index in [1.807, 2.05) is 0 Å². The molecule has 1 saturated carbocycles. The molecule has 4 aliphatic rings. The van der Waals surface area contributed by atoms with Gasteiger partial charge in [-0.15, -0.1) is 10.1 Å². The number of hydrogen-bond donors (Lipinski definition) is 0. The normalized spacial score (nSPS) is 18.8. The van der Waals surface area contributed by atoms with E-state index in [9.17, 15) is 42.7 Å². The van der Waals surface area contributed by atoms with Crippen molar-refractivity contribution in [3.8, 4) is 0 Å². The number of rotatable bonds is 5.